The van der Waals surface area contributed by atoms with Crippen LogP contribution in [-0.2, 0) is 0 Å². The molecule has 0 unspecified atom stereocenters. The molecule has 0 spiro atoms. The highest BCUT2D eigenvalue weighted by Crippen LogP contribution is 2.18. The third-order valence-corrected chi connectivity index (χ3v) is 1.35. The molecular weight excluding hydrogens is 120 g/mol. The van der Waals surface area contributed by atoms with Gasteiger partial charge in [-0.2, -0.15) is 0 Å². The van der Waals surface area contributed by atoms with Crippen molar-refractivity contribution in [1.29, 1.82) is 0 Å². The first-order chi connectivity index (χ1) is 4.56. The molecule has 0 fully saturated rings. The Labute approximate surface area is 65.3 Å². The molecule has 0 heteroatoms. The number of hydrogen-bond donors (Lipinski definition) is 0. The van der Waals surface area contributed by atoms with Gasteiger partial charge in [0.1, 0.15) is 0 Å². The average Bonchev–Trinajstić information content (AvgIpc) is 1.78. The van der Waals surface area contributed by atoms with E-state index < -0.39 is 0 Å². The summed E-state index contributed by atoms with van der Waals surface area (Å²) in [5.41, 5.74) is 0.463. The second kappa shape index (κ2) is 4.54. The van der Waals surface area contributed by atoms with Crippen LogP contribution in [-0.4, -0.2) is 0 Å². The van der Waals surface area contributed by atoms with Crippen molar-refractivity contribution in [3.05, 3.63) is 12.2 Å². The minimum Gasteiger partial charge on any atom is -0.0885 e. The van der Waals surface area contributed by atoms with Gasteiger partial charge in [-0.1, -0.05) is 46.3 Å². The molecule has 0 aliphatic heterocycles. The van der Waals surface area contributed by atoms with Gasteiger partial charge in [0, 0.05) is 0 Å². The van der Waals surface area contributed by atoms with E-state index >= 15 is 0 Å². The molecule has 0 heterocycles. The van der Waals surface area contributed by atoms with Gasteiger partial charge in [0.2, 0.25) is 0 Å². The maximum atomic E-state index is 2.30. The second-order valence-electron chi connectivity index (χ2n) is 4.02. The summed E-state index contributed by atoms with van der Waals surface area (Å²) in [6, 6.07) is 0. The van der Waals surface area contributed by atoms with Crippen LogP contribution in [0.2, 0.25) is 0 Å². The first-order valence-electron chi connectivity index (χ1n) is 4.21. The van der Waals surface area contributed by atoms with Crippen LogP contribution in [0, 0.1) is 5.41 Å². The van der Waals surface area contributed by atoms with E-state index in [-0.39, 0.29) is 0 Å². The lowest BCUT2D eigenvalue weighted by molar-refractivity contribution is 0.420. The zero-order chi connectivity index (χ0) is 8.04. The molecule has 0 aromatic carbocycles. The Morgan fingerprint density at radius 3 is 2.10 bits per heavy atom. The maximum absolute atomic E-state index is 2.30. The predicted octanol–water partition coefficient (Wildman–Crippen LogP) is 3.78. The third kappa shape index (κ3) is 7.74. The molecule has 0 N–H and O–H groups in total. The summed E-state index contributed by atoms with van der Waals surface area (Å²) in [5.74, 6) is 0. The molecule has 0 aliphatic rings. The summed E-state index contributed by atoms with van der Waals surface area (Å²) in [6.45, 7) is 9.01. The van der Waals surface area contributed by atoms with E-state index in [0.29, 0.717) is 5.41 Å². The van der Waals surface area contributed by atoms with E-state index in [1.54, 1.807) is 0 Å². The lowest BCUT2D eigenvalue weighted by Crippen LogP contribution is -2.01. The SMILES string of the molecule is CCCC=CCC(C)(C)C. The highest BCUT2D eigenvalue weighted by Gasteiger charge is 2.05. The summed E-state index contributed by atoms with van der Waals surface area (Å²) in [5, 5.41) is 0. The Kier molecular flexibility index (Phi) is 4.42. The molecule has 0 atom stereocenters. The summed E-state index contributed by atoms with van der Waals surface area (Å²) in [4.78, 5) is 0. The zero-order valence-corrected chi connectivity index (χ0v) is 7.78. The third-order valence-electron chi connectivity index (χ3n) is 1.35. The van der Waals surface area contributed by atoms with Crippen molar-refractivity contribution in [1.82, 2.24) is 0 Å². The molecular formula is C10H20. The van der Waals surface area contributed by atoms with Gasteiger partial charge in [0.05, 0.1) is 0 Å². The quantitative estimate of drug-likeness (QED) is 0.523. The van der Waals surface area contributed by atoms with Crippen molar-refractivity contribution >= 4 is 0 Å². The average molecular weight is 140 g/mol. The molecule has 0 aliphatic carbocycles. The van der Waals surface area contributed by atoms with Gasteiger partial charge < -0.3 is 0 Å². The van der Waals surface area contributed by atoms with Crippen LogP contribution in [0.5, 0.6) is 0 Å². The van der Waals surface area contributed by atoms with E-state index in [2.05, 4.69) is 39.8 Å². The van der Waals surface area contributed by atoms with Crippen LogP contribution < -0.4 is 0 Å². The monoisotopic (exact) mass is 140 g/mol. The number of hydrogen-bond acceptors (Lipinski definition) is 0. The molecule has 60 valence electrons. The van der Waals surface area contributed by atoms with Gasteiger partial charge in [-0.05, 0) is 18.3 Å². The molecule has 0 radical (unpaired) electrons. The molecule has 0 saturated heterocycles. The summed E-state index contributed by atoms with van der Waals surface area (Å²) in [6.07, 6.45) is 8.28. The highest BCUT2D eigenvalue weighted by atomic mass is 14.1. The van der Waals surface area contributed by atoms with Gasteiger partial charge in [-0.25, -0.2) is 0 Å². The van der Waals surface area contributed by atoms with Crippen molar-refractivity contribution < 1.29 is 0 Å². The van der Waals surface area contributed by atoms with Gasteiger partial charge >= 0.3 is 0 Å². The minimum atomic E-state index is 0.463. The zero-order valence-electron chi connectivity index (χ0n) is 7.78. The fourth-order valence-corrected chi connectivity index (χ4v) is 0.721. The van der Waals surface area contributed by atoms with E-state index in [4.69, 9.17) is 0 Å². The molecule has 0 nitrogen and oxygen atoms in total. The van der Waals surface area contributed by atoms with Crippen LogP contribution in [0.4, 0.5) is 0 Å². The molecule has 10 heavy (non-hydrogen) atoms. The normalized spacial score (nSPS) is 12.8. The number of allylic oxidation sites excluding steroid dienone is 2. The summed E-state index contributed by atoms with van der Waals surface area (Å²) >= 11 is 0. The standard InChI is InChI=1S/C10H20/c1-5-6-7-8-9-10(2,3)4/h7-8H,5-6,9H2,1-4H3. The summed E-state index contributed by atoms with van der Waals surface area (Å²) < 4.78 is 0. The Balaban J connectivity index is 3.34. The number of rotatable bonds is 3. The Morgan fingerprint density at radius 1 is 1.10 bits per heavy atom. The first kappa shape index (κ1) is 9.74. The Morgan fingerprint density at radius 2 is 1.70 bits per heavy atom. The second-order valence-corrected chi connectivity index (χ2v) is 4.02. The fourth-order valence-electron chi connectivity index (χ4n) is 0.721. The molecule has 0 saturated carbocycles. The van der Waals surface area contributed by atoms with Crippen LogP contribution in [0.1, 0.15) is 47.0 Å². The number of unbranched alkanes of at least 4 members (excludes halogenated alkanes) is 1. The maximum Gasteiger partial charge on any atom is -0.0302 e. The molecule has 0 amide bonds. The molecule has 0 rings (SSSR count). The van der Waals surface area contributed by atoms with Crippen molar-refractivity contribution in [3.8, 4) is 0 Å². The lowest BCUT2D eigenvalue weighted by Gasteiger charge is -2.14. The van der Waals surface area contributed by atoms with Crippen LogP contribution in [0.3, 0.4) is 0 Å². The van der Waals surface area contributed by atoms with E-state index in [0.717, 1.165) is 0 Å². The topological polar surface area (TPSA) is 0 Å². The summed E-state index contributed by atoms with van der Waals surface area (Å²) in [7, 11) is 0. The molecule has 0 bridgehead atoms. The lowest BCUT2D eigenvalue weighted by atomic mass is 9.92. The van der Waals surface area contributed by atoms with Gasteiger partial charge in [0.15, 0.2) is 0 Å². The smallest absolute Gasteiger partial charge is 0.0302 e. The Bertz CT molecular complexity index is 93.1. The van der Waals surface area contributed by atoms with Crippen molar-refractivity contribution in [3.63, 3.8) is 0 Å². The highest BCUT2D eigenvalue weighted by molar-refractivity contribution is 4.85. The predicted molar refractivity (Wildman–Crippen MR) is 48.1 cm³/mol. The van der Waals surface area contributed by atoms with Crippen molar-refractivity contribution in [2.45, 2.75) is 47.0 Å². The fraction of sp³-hybridized carbons (Fsp3) is 0.800. The van der Waals surface area contributed by atoms with Crippen molar-refractivity contribution in [2.75, 3.05) is 0 Å². The van der Waals surface area contributed by atoms with E-state index in [1.807, 2.05) is 0 Å². The van der Waals surface area contributed by atoms with Crippen molar-refractivity contribution in [2.24, 2.45) is 5.41 Å². The Hall–Kier alpha value is -0.260. The van der Waals surface area contributed by atoms with Gasteiger partial charge in [0.25, 0.3) is 0 Å². The van der Waals surface area contributed by atoms with Crippen LogP contribution in [0.25, 0.3) is 0 Å². The molecule has 0 aromatic rings. The van der Waals surface area contributed by atoms with Crippen LogP contribution >= 0.6 is 0 Å². The van der Waals surface area contributed by atoms with Gasteiger partial charge in [-0.3, -0.25) is 0 Å². The molecule has 0 aromatic heterocycles. The largest absolute Gasteiger partial charge is 0.0885 e. The van der Waals surface area contributed by atoms with Crippen LogP contribution in [0.15, 0.2) is 12.2 Å². The van der Waals surface area contributed by atoms with E-state index in [9.17, 15) is 0 Å². The first-order valence-corrected chi connectivity index (χ1v) is 4.21. The minimum absolute atomic E-state index is 0.463. The van der Waals surface area contributed by atoms with Gasteiger partial charge in [-0.15, -0.1) is 0 Å². The van der Waals surface area contributed by atoms with E-state index in [1.165, 1.54) is 19.3 Å².